The Morgan fingerprint density at radius 2 is 1.53 bits per heavy atom. The molecule has 1 aromatic rings. The number of rotatable bonds is 4. The molecule has 0 heterocycles. The molecule has 0 bridgehead atoms. The molecule has 0 nitrogen and oxygen atoms in total. The van der Waals surface area contributed by atoms with E-state index in [4.69, 9.17) is 11.1 Å². The summed E-state index contributed by atoms with van der Waals surface area (Å²) in [5.41, 5.74) is 1.37. The topological polar surface area (TPSA) is 0 Å². The molecule has 0 N–H and O–H groups in total. The fourth-order valence-corrected chi connectivity index (χ4v) is 6.63. The van der Waals surface area contributed by atoms with Gasteiger partial charge in [-0.2, -0.15) is 11.1 Å². The van der Waals surface area contributed by atoms with Crippen LogP contribution in [0.25, 0.3) is 0 Å². The van der Waals surface area contributed by atoms with Crippen molar-refractivity contribution in [3.63, 3.8) is 0 Å². The zero-order valence-electron chi connectivity index (χ0n) is 12.0. The van der Waals surface area contributed by atoms with Crippen LogP contribution in [-0.4, -0.2) is 15.5 Å². The van der Waals surface area contributed by atoms with E-state index in [9.17, 15) is 0 Å². The Labute approximate surface area is 113 Å². The fraction of sp³-hybridized carbons (Fsp3) is 0.571. The molecule has 1 rings (SSSR count). The number of halogens is 1. The van der Waals surface area contributed by atoms with E-state index in [1.807, 2.05) is 0 Å². The van der Waals surface area contributed by atoms with Gasteiger partial charge in [-0.25, -0.2) is 0 Å². The smallest absolute Gasteiger partial charge is 0.161 e. The van der Waals surface area contributed by atoms with Crippen LogP contribution in [0.1, 0.15) is 18.9 Å². The van der Waals surface area contributed by atoms with Crippen molar-refractivity contribution in [3.05, 3.63) is 23.8 Å². The molecule has 0 aromatic heterocycles. The lowest BCUT2D eigenvalue weighted by Crippen LogP contribution is -2.45. The summed E-state index contributed by atoms with van der Waals surface area (Å²) in [5, 5.41) is 2.97. The van der Waals surface area contributed by atoms with Gasteiger partial charge < -0.3 is 0 Å². The SMILES string of the molecule is CCC[Si](C)(Cl)c1cc(C)cc([Si](C)(C)C)c1. The second-order valence-corrected chi connectivity index (χ2v) is 17.3. The molecule has 0 aliphatic heterocycles. The average Bonchev–Trinajstić information content (AvgIpc) is 2.15. The van der Waals surface area contributed by atoms with Crippen LogP contribution in [0.15, 0.2) is 18.2 Å². The minimum Gasteiger partial charge on any atom is -0.161 e. The monoisotopic (exact) mass is 284 g/mol. The number of hydrogen-bond acceptors (Lipinski definition) is 0. The largest absolute Gasteiger partial charge is 0.183 e. The highest BCUT2D eigenvalue weighted by Crippen LogP contribution is 2.18. The molecule has 1 unspecified atom stereocenters. The first-order valence-corrected chi connectivity index (χ1v) is 13.7. The molecule has 0 aliphatic rings. The summed E-state index contributed by atoms with van der Waals surface area (Å²) in [4.78, 5) is 0. The molecule has 3 heteroatoms. The van der Waals surface area contributed by atoms with E-state index in [0.717, 1.165) is 0 Å². The van der Waals surface area contributed by atoms with Gasteiger partial charge in [0.15, 0.2) is 7.38 Å². The van der Waals surface area contributed by atoms with Crippen molar-refractivity contribution in [2.45, 2.75) is 52.5 Å². The number of benzene rings is 1. The Hall–Kier alpha value is -0.0562. The normalized spacial score (nSPS) is 15.7. The van der Waals surface area contributed by atoms with Crippen molar-refractivity contribution in [1.29, 1.82) is 0 Å². The third-order valence-corrected chi connectivity index (χ3v) is 9.44. The summed E-state index contributed by atoms with van der Waals surface area (Å²) in [5.74, 6) is 0. The van der Waals surface area contributed by atoms with Gasteiger partial charge in [-0.05, 0) is 18.2 Å². The first-order chi connectivity index (χ1) is 7.66. The lowest BCUT2D eigenvalue weighted by molar-refractivity contribution is 1.06. The van der Waals surface area contributed by atoms with Crippen LogP contribution < -0.4 is 10.4 Å². The first-order valence-electron chi connectivity index (χ1n) is 6.48. The molecule has 17 heavy (non-hydrogen) atoms. The maximum absolute atomic E-state index is 6.81. The van der Waals surface area contributed by atoms with Crippen LogP contribution in [0.3, 0.4) is 0 Å². The minimum absolute atomic E-state index is 1.17. The number of aryl methyl sites for hydroxylation is 1. The quantitative estimate of drug-likeness (QED) is 0.580. The lowest BCUT2D eigenvalue weighted by Gasteiger charge is -2.24. The van der Waals surface area contributed by atoms with Crippen LogP contribution >= 0.6 is 11.1 Å². The number of hydrogen-bond donors (Lipinski definition) is 0. The van der Waals surface area contributed by atoms with Crippen LogP contribution in [-0.2, 0) is 0 Å². The van der Waals surface area contributed by atoms with E-state index in [0.29, 0.717) is 0 Å². The van der Waals surface area contributed by atoms with Gasteiger partial charge in [0.2, 0.25) is 0 Å². The van der Waals surface area contributed by atoms with Gasteiger partial charge in [-0.3, -0.25) is 0 Å². The lowest BCUT2D eigenvalue weighted by atomic mass is 10.2. The first kappa shape index (κ1) is 15.0. The Morgan fingerprint density at radius 1 is 1.00 bits per heavy atom. The Balaban J connectivity index is 3.23. The summed E-state index contributed by atoms with van der Waals surface area (Å²) >= 11 is 6.81. The summed E-state index contributed by atoms with van der Waals surface area (Å²) in [6.45, 7) is 13.9. The maximum Gasteiger partial charge on any atom is 0.183 e. The molecule has 0 fully saturated rings. The molecule has 0 radical (unpaired) electrons. The van der Waals surface area contributed by atoms with Crippen molar-refractivity contribution in [2.75, 3.05) is 0 Å². The predicted octanol–water partition coefficient (Wildman–Crippen LogP) is 3.97. The van der Waals surface area contributed by atoms with E-state index >= 15 is 0 Å². The van der Waals surface area contributed by atoms with Crippen molar-refractivity contribution in [2.24, 2.45) is 0 Å². The molecule has 1 aromatic carbocycles. The summed E-state index contributed by atoms with van der Waals surface area (Å²) in [7, 11) is -2.96. The van der Waals surface area contributed by atoms with Gasteiger partial charge in [0, 0.05) is 0 Å². The van der Waals surface area contributed by atoms with Crippen molar-refractivity contribution >= 4 is 36.9 Å². The molecular formula is C14H25ClSi2. The molecule has 0 amide bonds. The highest BCUT2D eigenvalue weighted by atomic mass is 35.6. The second-order valence-electron chi connectivity index (χ2n) is 6.29. The second kappa shape index (κ2) is 5.29. The van der Waals surface area contributed by atoms with Crippen molar-refractivity contribution in [1.82, 2.24) is 0 Å². The highest BCUT2D eigenvalue weighted by molar-refractivity contribution is 7.26. The minimum atomic E-state index is -1.73. The molecular weight excluding hydrogens is 260 g/mol. The fourth-order valence-electron chi connectivity index (χ4n) is 2.13. The van der Waals surface area contributed by atoms with Gasteiger partial charge in [0.05, 0.1) is 8.07 Å². The van der Waals surface area contributed by atoms with Gasteiger partial charge >= 0.3 is 0 Å². The van der Waals surface area contributed by atoms with E-state index in [2.05, 4.69) is 58.2 Å². The molecule has 96 valence electrons. The van der Waals surface area contributed by atoms with Gasteiger partial charge in [0.25, 0.3) is 0 Å². The highest BCUT2D eigenvalue weighted by Gasteiger charge is 2.28. The van der Waals surface area contributed by atoms with E-state index in [1.165, 1.54) is 23.2 Å². The zero-order chi connectivity index (χ0) is 13.3. The van der Waals surface area contributed by atoms with Crippen LogP contribution in [0.5, 0.6) is 0 Å². The van der Waals surface area contributed by atoms with Crippen LogP contribution in [0.2, 0.25) is 32.2 Å². The Morgan fingerprint density at radius 3 is 2.00 bits per heavy atom. The van der Waals surface area contributed by atoms with Gasteiger partial charge in [-0.15, -0.1) is 0 Å². The molecule has 0 spiro atoms. The summed E-state index contributed by atoms with van der Waals surface area (Å²) in [6, 6.07) is 8.22. The molecule has 0 aliphatic carbocycles. The van der Waals surface area contributed by atoms with Crippen molar-refractivity contribution in [3.8, 4) is 0 Å². The van der Waals surface area contributed by atoms with Gasteiger partial charge in [-0.1, -0.05) is 68.5 Å². The van der Waals surface area contributed by atoms with E-state index in [-0.39, 0.29) is 0 Å². The Kier molecular flexibility index (Phi) is 4.67. The molecule has 0 saturated heterocycles. The third-order valence-electron chi connectivity index (χ3n) is 3.26. The van der Waals surface area contributed by atoms with Gasteiger partial charge in [0.1, 0.15) is 0 Å². The summed E-state index contributed by atoms with van der Waals surface area (Å²) in [6.07, 6.45) is 1.18. The molecule has 0 saturated carbocycles. The summed E-state index contributed by atoms with van der Waals surface area (Å²) < 4.78 is 0. The maximum atomic E-state index is 6.81. The predicted molar refractivity (Wildman–Crippen MR) is 86.4 cm³/mol. The Bertz CT molecular complexity index is 392. The van der Waals surface area contributed by atoms with Crippen LogP contribution in [0.4, 0.5) is 0 Å². The third kappa shape index (κ3) is 3.97. The molecule has 1 atom stereocenters. The standard InChI is InChI=1S/C14H25ClSi2/c1-7-8-17(6,15)14-10-12(2)9-13(11-14)16(3,4)5/h9-11H,7-8H2,1-6H3. The van der Waals surface area contributed by atoms with E-state index in [1.54, 1.807) is 5.19 Å². The van der Waals surface area contributed by atoms with Crippen molar-refractivity contribution < 1.29 is 0 Å². The van der Waals surface area contributed by atoms with Crippen LogP contribution in [0, 0.1) is 6.92 Å². The zero-order valence-corrected chi connectivity index (χ0v) is 14.8. The average molecular weight is 285 g/mol. The van der Waals surface area contributed by atoms with E-state index < -0.39 is 15.5 Å².